The first kappa shape index (κ1) is 35.1. The lowest BCUT2D eigenvalue weighted by atomic mass is 10.0. The highest BCUT2D eigenvalue weighted by Crippen LogP contribution is 2.32. The molecule has 2 aromatic heterocycles. The number of nitrogens with one attached hydrogen (secondary N) is 3. The number of carbonyl (C=O) groups excluding carboxylic acids is 5. The monoisotopic (exact) mass is 718 g/mol. The molecule has 0 bridgehead atoms. The third-order valence-electron chi connectivity index (χ3n) is 9.46. The van der Waals surface area contributed by atoms with E-state index in [1.165, 1.54) is 0 Å². The number of nitrogens with zero attached hydrogens (tertiary/aromatic N) is 5. The molecule has 1 saturated heterocycles. The SMILES string of the molecule is O=C1CCC(N2C(=O)c3cccc(NCCc4cn(CCCCCOc5ccc(Cn6ccc7ccc(C(=O)NO)cc76)cc5)nn4)c3C2=O)C(=O)N1. The van der Waals surface area contributed by atoms with Gasteiger partial charge in [0.05, 0.1) is 23.4 Å². The van der Waals surface area contributed by atoms with Crippen molar-refractivity contribution in [3.05, 3.63) is 107 Å². The van der Waals surface area contributed by atoms with Crippen LogP contribution in [0, 0.1) is 0 Å². The van der Waals surface area contributed by atoms with Crippen molar-refractivity contribution >= 4 is 46.1 Å². The zero-order valence-electron chi connectivity index (χ0n) is 28.8. The molecular weight excluding hydrogens is 680 g/mol. The van der Waals surface area contributed by atoms with Gasteiger partial charge in [-0.1, -0.05) is 29.5 Å². The van der Waals surface area contributed by atoms with Crippen molar-refractivity contribution in [2.75, 3.05) is 18.5 Å². The topological polar surface area (TPSA) is 190 Å². The molecule has 2 aliphatic heterocycles. The Kier molecular flexibility index (Phi) is 10.2. The van der Waals surface area contributed by atoms with E-state index in [0.717, 1.165) is 52.1 Å². The van der Waals surface area contributed by atoms with E-state index in [0.29, 0.717) is 43.9 Å². The summed E-state index contributed by atoms with van der Waals surface area (Å²) in [6, 6.07) is 19.2. The number of aromatic nitrogens is 4. The van der Waals surface area contributed by atoms with Gasteiger partial charge in [-0.3, -0.25) is 44.1 Å². The lowest BCUT2D eigenvalue weighted by molar-refractivity contribution is -0.136. The number of fused-ring (bicyclic) bond motifs is 2. The molecule has 5 aromatic rings. The molecule has 272 valence electrons. The summed E-state index contributed by atoms with van der Waals surface area (Å²) in [4.78, 5) is 63.1. The van der Waals surface area contributed by atoms with Gasteiger partial charge in [0.2, 0.25) is 11.8 Å². The van der Waals surface area contributed by atoms with Crippen molar-refractivity contribution in [2.45, 2.75) is 57.7 Å². The van der Waals surface area contributed by atoms with Gasteiger partial charge in [-0.2, -0.15) is 0 Å². The highest BCUT2D eigenvalue weighted by Gasteiger charge is 2.45. The average molecular weight is 719 g/mol. The van der Waals surface area contributed by atoms with E-state index in [4.69, 9.17) is 9.94 Å². The molecule has 0 spiro atoms. The molecular formula is C38H38N8O7. The number of carbonyl (C=O) groups is 5. The number of rotatable bonds is 15. The maximum Gasteiger partial charge on any atom is 0.274 e. The Balaban J connectivity index is 0.817. The first-order valence-corrected chi connectivity index (χ1v) is 17.5. The molecule has 0 aliphatic carbocycles. The predicted octanol–water partition coefficient (Wildman–Crippen LogP) is 3.71. The van der Waals surface area contributed by atoms with Gasteiger partial charge in [0.15, 0.2) is 0 Å². The molecule has 1 fully saturated rings. The zero-order valence-corrected chi connectivity index (χ0v) is 28.8. The van der Waals surface area contributed by atoms with Gasteiger partial charge in [0, 0.05) is 61.6 Å². The van der Waals surface area contributed by atoms with Gasteiger partial charge in [-0.25, -0.2) is 5.48 Å². The fourth-order valence-corrected chi connectivity index (χ4v) is 6.71. The summed E-state index contributed by atoms with van der Waals surface area (Å²) in [5.74, 6) is -1.90. The quantitative estimate of drug-likeness (QED) is 0.0538. The minimum Gasteiger partial charge on any atom is -0.494 e. The van der Waals surface area contributed by atoms with Crippen LogP contribution in [0.3, 0.4) is 0 Å². The number of hydroxylamine groups is 1. The van der Waals surface area contributed by atoms with Gasteiger partial charge in [-0.15, -0.1) is 5.10 Å². The zero-order chi connectivity index (χ0) is 36.9. The maximum absolute atomic E-state index is 13.3. The Bertz CT molecular complexity index is 2190. The Morgan fingerprint density at radius 1 is 0.981 bits per heavy atom. The number of anilines is 1. The third-order valence-corrected chi connectivity index (χ3v) is 9.46. The van der Waals surface area contributed by atoms with Crippen molar-refractivity contribution in [3.63, 3.8) is 0 Å². The maximum atomic E-state index is 13.3. The molecule has 15 nitrogen and oxygen atoms in total. The fraction of sp³-hybridized carbons (Fsp3) is 0.289. The molecule has 3 aromatic carbocycles. The summed E-state index contributed by atoms with van der Waals surface area (Å²) in [7, 11) is 0. The smallest absolute Gasteiger partial charge is 0.274 e. The highest BCUT2D eigenvalue weighted by atomic mass is 16.5. The average Bonchev–Trinajstić information content (AvgIpc) is 3.86. The summed E-state index contributed by atoms with van der Waals surface area (Å²) in [5.41, 5.74) is 5.79. The minimum absolute atomic E-state index is 0.0653. The van der Waals surface area contributed by atoms with Crippen LogP contribution in [0.4, 0.5) is 5.69 Å². The van der Waals surface area contributed by atoms with Crippen LogP contribution in [-0.2, 0) is 29.1 Å². The van der Waals surface area contributed by atoms with E-state index < -0.39 is 35.6 Å². The Morgan fingerprint density at radius 3 is 2.64 bits per heavy atom. The fourth-order valence-electron chi connectivity index (χ4n) is 6.71. The largest absolute Gasteiger partial charge is 0.494 e. The van der Waals surface area contributed by atoms with Gasteiger partial charge in [-0.05, 0) is 79.1 Å². The predicted molar refractivity (Wildman–Crippen MR) is 191 cm³/mol. The van der Waals surface area contributed by atoms with Crippen LogP contribution in [0.2, 0.25) is 0 Å². The van der Waals surface area contributed by atoms with Crippen LogP contribution >= 0.6 is 0 Å². The van der Waals surface area contributed by atoms with E-state index in [9.17, 15) is 24.0 Å². The van der Waals surface area contributed by atoms with Crippen molar-refractivity contribution in [1.82, 2.24) is 35.3 Å². The summed E-state index contributed by atoms with van der Waals surface area (Å²) in [5, 5.41) is 23.9. The summed E-state index contributed by atoms with van der Waals surface area (Å²) >= 11 is 0. The number of imide groups is 2. The standard InChI is InChI=1S/C38H38N8O7/c47-33-14-13-31(36(49)40-33)46-37(50)29-5-4-6-30(34(29)38(46)51)39-17-15-27-23-45(43-41-27)18-2-1-3-20-53-28-11-7-24(8-12-28)22-44-19-16-25-9-10-26(21-32(25)44)35(48)42-52/h4-12,16,19,21,23,31,39,52H,1-3,13-15,17-18,20,22H2,(H,42,48)(H,40,47,49). The van der Waals surface area contributed by atoms with Crippen LogP contribution < -0.4 is 20.9 Å². The molecule has 1 unspecified atom stereocenters. The molecule has 7 rings (SSSR count). The number of hydrogen-bond acceptors (Lipinski definition) is 10. The van der Waals surface area contributed by atoms with E-state index in [2.05, 4.69) is 25.5 Å². The molecule has 1 atom stereocenters. The number of amides is 5. The van der Waals surface area contributed by atoms with Crippen molar-refractivity contribution < 1.29 is 33.9 Å². The van der Waals surface area contributed by atoms with Crippen LogP contribution in [0.25, 0.3) is 10.9 Å². The number of piperidine rings is 1. The highest BCUT2D eigenvalue weighted by molar-refractivity contribution is 6.25. The van der Waals surface area contributed by atoms with Crippen LogP contribution in [-0.4, -0.2) is 78.4 Å². The van der Waals surface area contributed by atoms with Crippen LogP contribution in [0.1, 0.15) is 74.4 Å². The van der Waals surface area contributed by atoms with Crippen LogP contribution in [0.5, 0.6) is 5.75 Å². The Labute approximate surface area is 303 Å². The molecule has 4 N–H and O–H groups in total. The lowest BCUT2D eigenvalue weighted by Gasteiger charge is -2.27. The van der Waals surface area contributed by atoms with E-state index >= 15 is 0 Å². The van der Waals surface area contributed by atoms with E-state index in [1.54, 1.807) is 35.8 Å². The second kappa shape index (κ2) is 15.5. The van der Waals surface area contributed by atoms with E-state index in [-0.39, 0.29) is 24.0 Å². The number of benzene rings is 3. The van der Waals surface area contributed by atoms with Gasteiger partial charge in [0.1, 0.15) is 11.8 Å². The molecule has 15 heteroatoms. The first-order valence-electron chi connectivity index (χ1n) is 17.5. The van der Waals surface area contributed by atoms with Gasteiger partial charge < -0.3 is 14.6 Å². The third kappa shape index (κ3) is 7.65. The van der Waals surface area contributed by atoms with Gasteiger partial charge >= 0.3 is 0 Å². The minimum atomic E-state index is -1.01. The van der Waals surface area contributed by atoms with Crippen molar-refractivity contribution in [1.29, 1.82) is 0 Å². The molecule has 4 heterocycles. The number of ether oxygens (including phenoxy) is 1. The van der Waals surface area contributed by atoms with Crippen molar-refractivity contribution in [2.24, 2.45) is 0 Å². The number of aryl methyl sites for hydroxylation is 1. The molecule has 53 heavy (non-hydrogen) atoms. The number of hydrogen-bond donors (Lipinski definition) is 4. The van der Waals surface area contributed by atoms with Gasteiger partial charge in [0.25, 0.3) is 17.7 Å². The first-order chi connectivity index (χ1) is 25.8. The molecule has 0 radical (unpaired) electrons. The molecule has 5 amide bonds. The molecule has 2 aliphatic rings. The second-order valence-electron chi connectivity index (χ2n) is 13.0. The lowest BCUT2D eigenvalue weighted by Crippen LogP contribution is -2.54. The summed E-state index contributed by atoms with van der Waals surface area (Å²) in [6.07, 6.45) is 7.33. The van der Waals surface area contributed by atoms with E-state index in [1.807, 2.05) is 53.5 Å². The number of unbranched alkanes of at least 4 members (excludes halogenated alkanes) is 2. The summed E-state index contributed by atoms with van der Waals surface area (Å²) in [6.45, 7) is 2.38. The van der Waals surface area contributed by atoms with Crippen molar-refractivity contribution in [3.8, 4) is 5.75 Å². The Hall–Kier alpha value is -6.35. The molecule has 0 saturated carbocycles. The van der Waals surface area contributed by atoms with Crippen LogP contribution in [0.15, 0.2) is 79.1 Å². The normalized spacial score (nSPS) is 15.5. The Morgan fingerprint density at radius 2 is 1.83 bits per heavy atom. The summed E-state index contributed by atoms with van der Waals surface area (Å²) < 4.78 is 9.82. The second-order valence-corrected chi connectivity index (χ2v) is 13.0.